The van der Waals surface area contributed by atoms with Crippen LogP contribution >= 0.6 is 23.1 Å². The van der Waals surface area contributed by atoms with Gasteiger partial charge in [-0.05, 0) is 47.7 Å². The lowest BCUT2D eigenvalue weighted by molar-refractivity contribution is -0.147. The van der Waals surface area contributed by atoms with Crippen LogP contribution in [0.15, 0.2) is 120 Å². The van der Waals surface area contributed by atoms with Crippen molar-refractivity contribution >= 4 is 51.9 Å². The molecule has 2 amide bonds. The van der Waals surface area contributed by atoms with E-state index >= 15 is 0 Å². The van der Waals surface area contributed by atoms with Gasteiger partial charge in [-0.2, -0.15) is 0 Å². The van der Waals surface area contributed by atoms with E-state index in [-0.39, 0.29) is 11.8 Å². The molecule has 2 aliphatic rings. The van der Waals surface area contributed by atoms with Gasteiger partial charge in [0.1, 0.15) is 22.8 Å². The molecule has 3 aromatic carbocycles. The van der Waals surface area contributed by atoms with E-state index in [1.807, 2.05) is 72.1 Å². The molecule has 4 aromatic rings. The van der Waals surface area contributed by atoms with Crippen LogP contribution in [0.4, 0.5) is 5.00 Å². The van der Waals surface area contributed by atoms with Gasteiger partial charge in [-0.25, -0.2) is 4.79 Å². The Morgan fingerprint density at radius 2 is 1.42 bits per heavy atom. The molecule has 6 rings (SSSR count). The smallest absolute Gasteiger partial charge is 0.338 e. The number of thiophene rings is 1. The zero-order valence-corrected chi connectivity index (χ0v) is 26.1. The molecule has 228 valence electrons. The standard InChI is InChI=1S/C35H30N2O6S2/c1-22(42-34(40)26-17-10-5-11-18-26)27-21-36-32(39)29(37(23(2)38)28-19-12-20-44-28)33(36)45-31(27)35(41)43-30(24-13-6-3-7-14-24)25-15-8-4-9-16-25/h3-22,29-31,33H,1-2H3/t22?,29?,31?,33-/m1/s1. The molecule has 0 spiro atoms. The lowest BCUT2D eigenvalue weighted by Gasteiger charge is -2.52. The van der Waals surface area contributed by atoms with Crippen molar-refractivity contribution in [3.63, 3.8) is 0 Å². The Morgan fingerprint density at radius 3 is 1.98 bits per heavy atom. The van der Waals surface area contributed by atoms with E-state index in [0.29, 0.717) is 16.1 Å². The quantitative estimate of drug-likeness (QED) is 0.159. The molecule has 1 saturated heterocycles. The van der Waals surface area contributed by atoms with Gasteiger partial charge in [-0.15, -0.1) is 23.1 Å². The van der Waals surface area contributed by atoms with E-state index in [1.54, 1.807) is 49.5 Å². The molecule has 8 nitrogen and oxygen atoms in total. The lowest BCUT2D eigenvalue weighted by atomic mass is 10.0. The molecule has 0 saturated carbocycles. The predicted octanol–water partition coefficient (Wildman–Crippen LogP) is 6.22. The molecule has 0 radical (unpaired) electrons. The van der Waals surface area contributed by atoms with Crippen LogP contribution in [0.5, 0.6) is 0 Å². The first-order valence-corrected chi connectivity index (χ1v) is 16.2. The number of carbonyl (C=O) groups is 4. The second-order valence-electron chi connectivity index (χ2n) is 10.6. The molecule has 4 atom stereocenters. The van der Waals surface area contributed by atoms with Gasteiger partial charge in [-0.3, -0.25) is 19.3 Å². The average molecular weight is 639 g/mol. The first-order valence-electron chi connectivity index (χ1n) is 14.4. The van der Waals surface area contributed by atoms with Crippen molar-refractivity contribution in [3.8, 4) is 0 Å². The Balaban J connectivity index is 1.33. The fourth-order valence-electron chi connectivity index (χ4n) is 5.47. The fourth-order valence-corrected chi connectivity index (χ4v) is 7.82. The number of nitrogens with zero attached hydrogens (tertiary/aromatic N) is 2. The third-order valence-electron chi connectivity index (χ3n) is 7.69. The summed E-state index contributed by atoms with van der Waals surface area (Å²) in [6.45, 7) is 3.10. The van der Waals surface area contributed by atoms with Crippen LogP contribution in [0.25, 0.3) is 0 Å². The van der Waals surface area contributed by atoms with Gasteiger partial charge in [-0.1, -0.05) is 78.9 Å². The van der Waals surface area contributed by atoms with Crippen molar-refractivity contribution in [2.75, 3.05) is 4.90 Å². The first kappa shape index (κ1) is 30.4. The minimum atomic E-state index is -0.924. The minimum absolute atomic E-state index is 0.275. The van der Waals surface area contributed by atoms with Crippen molar-refractivity contribution in [3.05, 3.63) is 137 Å². The number of amides is 2. The average Bonchev–Trinajstić information content (AvgIpc) is 3.60. The van der Waals surface area contributed by atoms with E-state index in [0.717, 1.165) is 11.1 Å². The second kappa shape index (κ2) is 13.1. The topological polar surface area (TPSA) is 93.2 Å². The van der Waals surface area contributed by atoms with Crippen molar-refractivity contribution in [1.82, 2.24) is 4.90 Å². The minimum Gasteiger partial charge on any atom is -0.454 e. The molecule has 0 aliphatic carbocycles. The summed E-state index contributed by atoms with van der Waals surface area (Å²) in [7, 11) is 0. The number of benzene rings is 3. The maximum atomic E-state index is 14.2. The highest BCUT2D eigenvalue weighted by molar-refractivity contribution is 8.01. The number of thioether (sulfide) groups is 1. The molecular formula is C35H30N2O6S2. The van der Waals surface area contributed by atoms with Crippen LogP contribution in [0.2, 0.25) is 0 Å². The van der Waals surface area contributed by atoms with Crippen molar-refractivity contribution in [2.45, 2.75) is 42.7 Å². The van der Waals surface area contributed by atoms with Crippen molar-refractivity contribution in [1.29, 1.82) is 0 Å². The van der Waals surface area contributed by atoms with Gasteiger partial charge in [0.05, 0.1) is 10.6 Å². The summed E-state index contributed by atoms with van der Waals surface area (Å²) in [6, 6.07) is 30.3. The van der Waals surface area contributed by atoms with E-state index < -0.39 is 40.8 Å². The van der Waals surface area contributed by atoms with Gasteiger partial charge in [0.2, 0.25) is 5.91 Å². The zero-order valence-electron chi connectivity index (χ0n) is 24.5. The number of rotatable bonds is 9. The molecule has 0 bridgehead atoms. The van der Waals surface area contributed by atoms with Crippen LogP contribution in [-0.2, 0) is 23.9 Å². The number of β-lactam (4-membered cyclic amide) rings is 1. The fraction of sp³-hybridized carbons (Fsp3) is 0.200. The Kier molecular flexibility index (Phi) is 8.86. The van der Waals surface area contributed by atoms with Crippen molar-refractivity contribution in [2.24, 2.45) is 0 Å². The summed E-state index contributed by atoms with van der Waals surface area (Å²) in [5.41, 5.74) is 2.38. The maximum absolute atomic E-state index is 14.2. The van der Waals surface area contributed by atoms with E-state index in [2.05, 4.69) is 0 Å². The number of hydrogen-bond donors (Lipinski definition) is 0. The maximum Gasteiger partial charge on any atom is 0.338 e. The van der Waals surface area contributed by atoms with E-state index in [1.165, 1.54) is 39.8 Å². The second-order valence-corrected chi connectivity index (χ2v) is 12.8. The summed E-state index contributed by atoms with van der Waals surface area (Å²) < 4.78 is 12.1. The van der Waals surface area contributed by atoms with Crippen LogP contribution in [0, 0.1) is 0 Å². The van der Waals surface area contributed by atoms with Crippen LogP contribution in [0.1, 0.15) is 41.4 Å². The molecular weight excluding hydrogens is 609 g/mol. The van der Waals surface area contributed by atoms with Crippen molar-refractivity contribution < 1.29 is 28.7 Å². The predicted molar refractivity (Wildman–Crippen MR) is 174 cm³/mol. The molecule has 1 aromatic heterocycles. The summed E-state index contributed by atoms with van der Waals surface area (Å²) >= 11 is 2.58. The number of hydrogen-bond acceptors (Lipinski definition) is 8. The lowest BCUT2D eigenvalue weighted by Crippen LogP contribution is -2.70. The number of anilines is 1. The Labute approximate surface area is 269 Å². The summed E-state index contributed by atoms with van der Waals surface area (Å²) in [5.74, 6) is -1.66. The SMILES string of the molecule is CC(=O)N(c1cccs1)C1C(=O)N2C=C(C(C)OC(=O)c3ccccc3)C(C(=O)OC(c3ccccc3)c3ccccc3)S[C@H]12. The molecule has 0 N–H and O–H groups in total. The van der Waals surface area contributed by atoms with Gasteiger partial charge in [0.25, 0.3) is 5.91 Å². The third kappa shape index (κ3) is 6.16. The summed E-state index contributed by atoms with van der Waals surface area (Å²) in [4.78, 5) is 56.5. The third-order valence-corrected chi connectivity index (χ3v) is 10.1. The van der Waals surface area contributed by atoms with Crippen LogP contribution < -0.4 is 4.90 Å². The number of ether oxygens (including phenoxy) is 2. The van der Waals surface area contributed by atoms with Crippen LogP contribution in [0.3, 0.4) is 0 Å². The van der Waals surface area contributed by atoms with Gasteiger partial charge < -0.3 is 14.4 Å². The highest BCUT2D eigenvalue weighted by Crippen LogP contribution is 2.46. The molecule has 45 heavy (non-hydrogen) atoms. The van der Waals surface area contributed by atoms with E-state index in [9.17, 15) is 19.2 Å². The Morgan fingerprint density at radius 1 is 0.822 bits per heavy atom. The van der Waals surface area contributed by atoms with Gasteiger partial charge >= 0.3 is 11.9 Å². The largest absolute Gasteiger partial charge is 0.454 e. The van der Waals surface area contributed by atoms with Crippen LogP contribution in [-0.4, -0.2) is 51.4 Å². The highest BCUT2D eigenvalue weighted by Gasteiger charge is 2.56. The zero-order chi connectivity index (χ0) is 31.5. The molecule has 3 unspecified atom stereocenters. The molecule has 1 fully saturated rings. The molecule has 3 heterocycles. The normalized spacial score (nSPS) is 19.5. The number of esters is 2. The molecule has 2 aliphatic heterocycles. The Bertz CT molecular complexity index is 1670. The number of fused-ring (bicyclic) bond motifs is 1. The Hall–Kier alpha value is -4.67. The monoisotopic (exact) mass is 638 g/mol. The first-order chi connectivity index (χ1) is 21.8. The highest BCUT2D eigenvalue weighted by atomic mass is 32.2. The van der Waals surface area contributed by atoms with Gasteiger partial charge in [0, 0.05) is 18.7 Å². The molecule has 10 heteroatoms. The van der Waals surface area contributed by atoms with Gasteiger partial charge in [0.15, 0.2) is 6.10 Å². The summed E-state index contributed by atoms with van der Waals surface area (Å²) in [5, 5.41) is 1.02. The van der Waals surface area contributed by atoms with E-state index in [4.69, 9.17) is 9.47 Å². The number of carbonyl (C=O) groups excluding carboxylic acids is 4. The summed E-state index contributed by atoms with van der Waals surface area (Å²) in [6.07, 6.45) is 0.0334.